The molecule has 1 aliphatic carbocycles. The molecule has 2 rings (SSSR count). The number of nitrogens with zero attached hydrogens (tertiary/aromatic N) is 2. The minimum atomic E-state index is -0.119. The van der Waals surface area contributed by atoms with Crippen LogP contribution in [0.4, 0.5) is 0 Å². The highest BCUT2D eigenvalue weighted by Crippen LogP contribution is 2.19. The lowest BCUT2D eigenvalue weighted by Gasteiger charge is -2.18. The molecule has 1 N–H and O–H groups in total. The molecule has 0 aromatic carbocycles. The summed E-state index contributed by atoms with van der Waals surface area (Å²) in [6.45, 7) is 0. The molecule has 0 radical (unpaired) electrons. The van der Waals surface area contributed by atoms with E-state index in [1.807, 2.05) is 0 Å². The van der Waals surface area contributed by atoms with Gasteiger partial charge in [0.2, 0.25) is 5.91 Å². The van der Waals surface area contributed by atoms with E-state index in [0.717, 1.165) is 12.8 Å². The van der Waals surface area contributed by atoms with E-state index in [0.29, 0.717) is 24.6 Å². The first-order valence-electron chi connectivity index (χ1n) is 4.81. The molecule has 1 heterocycles. The van der Waals surface area contributed by atoms with Gasteiger partial charge in [0, 0.05) is 25.9 Å². The first-order chi connectivity index (χ1) is 6.66. The van der Waals surface area contributed by atoms with Gasteiger partial charge in [-0.2, -0.15) is 5.10 Å². The Morgan fingerprint density at radius 1 is 1.50 bits per heavy atom. The van der Waals surface area contributed by atoms with Crippen molar-refractivity contribution in [2.24, 2.45) is 5.10 Å². The summed E-state index contributed by atoms with van der Waals surface area (Å²) in [5, 5.41) is 8.03. The minimum Gasteiger partial charge on any atom is -0.348 e. The molecule has 1 fully saturated rings. The first kappa shape index (κ1) is 9.18. The Hall–Kier alpha value is -1.39. The van der Waals surface area contributed by atoms with E-state index in [2.05, 4.69) is 10.4 Å². The van der Waals surface area contributed by atoms with Crippen LogP contribution in [0.15, 0.2) is 5.10 Å². The van der Waals surface area contributed by atoms with Gasteiger partial charge >= 0.3 is 0 Å². The minimum absolute atomic E-state index is 0.0343. The van der Waals surface area contributed by atoms with Crippen molar-refractivity contribution >= 4 is 17.5 Å². The van der Waals surface area contributed by atoms with Crippen LogP contribution < -0.4 is 5.32 Å². The molecule has 2 amide bonds. The SMILES string of the molecule is CN1N=C(C(=O)NC2CC2)CCC1=O. The number of hydrogen-bond acceptors (Lipinski definition) is 3. The third-order valence-corrected chi connectivity index (χ3v) is 2.38. The quantitative estimate of drug-likeness (QED) is 0.667. The van der Waals surface area contributed by atoms with Crippen molar-refractivity contribution < 1.29 is 9.59 Å². The lowest BCUT2D eigenvalue weighted by atomic mass is 10.1. The summed E-state index contributed by atoms with van der Waals surface area (Å²) < 4.78 is 0. The molecule has 0 atom stereocenters. The van der Waals surface area contributed by atoms with Gasteiger partial charge in [-0.05, 0) is 12.8 Å². The van der Waals surface area contributed by atoms with Crippen LogP contribution >= 0.6 is 0 Å². The Bertz CT molecular complexity index is 307. The molecule has 5 nitrogen and oxygen atoms in total. The number of hydrogen-bond donors (Lipinski definition) is 1. The van der Waals surface area contributed by atoms with E-state index in [1.54, 1.807) is 7.05 Å². The number of amides is 2. The number of carbonyl (C=O) groups is 2. The summed E-state index contributed by atoms with van der Waals surface area (Å²) in [6, 6.07) is 0.341. The average Bonchev–Trinajstić information content (AvgIpc) is 2.93. The Morgan fingerprint density at radius 3 is 2.79 bits per heavy atom. The molecule has 1 saturated carbocycles. The maximum absolute atomic E-state index is 11.5. The van der Waals surface area contributed by atoms with Crippen LogP contribution in [0.3, 0.4) is 0 Å². The van der Waals surface area contributed by atoms with Crippen molar-refractivity contribution in [2.45, 2.75) is 31.7 Å². The van der Waals surface area contributed by atoms with Gasteiger partial charge in [0.1, 0.15) is 5.71 Å². The molecule has 5 heteroatoms. The van der Waals surface area contributed by atoms with E-state index in [4.69, 9.17) is 0 Å². The molecule has 14 heavy (non-hydrogen) atoms. The molecular weight excluding hydrogens is 182 g/mol. The van der Waals surface area contributed by atoms with Crippen LogP contribution in [0.2, 0.25) is 0 Å². The van der Waals surface area contributed by atoms with Crippen molar-refractivity contribution in [2.75, 3.05) is 7.05 Å². The summed E-state index contributed by atoms with van der Waals surface area (Å²) in [5.74, 6) is -0.153. The van der Waals surface area contributed by atoms with Crippen LogP contribution in [-0.2, 0) is 9.59 Å². The normalized spacial score (nSPS) is 21.9. The maximum Gasteiger partial charge on any atom is 0.267 e. The monoisotopic (exact) mass is 195 g/mol. The Balaban J connectivity index is 1.99. The molecule has 76 valence electrons. The van der Waals surface area contributed by atoms with Gasteiger partial charge in [-0.3, -0.25) is 9.59 Å². The zero-order chi connectivity index (χ0) is 10.1. The van der Waals surface area contributed by atoms with E-state index in [-0.39, 0.29) is 11.8 Å². The topological polar surface area (TPSA) is 61.8 Å². The third-order valence-electron chi connectivity index (χ3n) is 2.38. The zero-order valence-electron chi connectivity index (χ0n) is 8.12. The zero-order valence-corrected chi connectivity index (χ0v) is 8.12. The van der Waals surface area contributed by atoms with Crippen molar-refractivity contribution in [3.05, 3.63) is 0 Å². The molecule has 0 aromatic rings. The summed E-state index contributed by atoms with van der Waals surface area (Å²) >= 11 is 0. The van der Waals surface area contributed by atoms with Crippen LogP contribution in [0.1, 0.15) is 25.7 Å². The molecule has 0 spiro atoms. The Morgan fingerprint density at radius 2 is 2.21 bits per heavy atom. The fourth-order valence-corrected chi connectivity index (χ4v) is 1.33. The summed E-state index contributed by atoms with van der Waals surface area (Å²) in [7, 11) is 1.58. The van der Waals surface area contributed by atoms with Gasteiger partial charge in [-0.1, -0.05) is 0 Å². The summed E-state index contributed by atoms with van der Waals surface area (Å²) in [5.41, 5.74) is 0.471. The van der Waals surface area contributed by atoms with Gasteiger partial charge < -0.3 is 5.32 Å². The van der Waals surface area contributed by atoms with Crippen LogP contribution in [0.5, 0.6) is 0 Å². The van der Waals surface area contributed by atoms with Gasteiger partial charge in [-0.15, -0.1) is 0 Å². The number of rotatable bonds is 2. The largest absolute Gasteiger partial charge is 0.348 e. The predicted octanol–water partition coefficient (Wildman–Crippen LogP) is -0.127. The van der Waals surface area contributed by atoms with E-state index in [9.17, 15) is 9.59 Å². The molecule has 0 unspecified atom stereocenters. The first-order valence-corrected chi connectivity index (χ1v) is 4.81. The fraction of sp³-hybridized carbons (Fsp3) is 0.667. The summed E-state index contributed by atoms with van der Waals surface area (Å²) in [4.78, 5) is 22.6. The van der Waals surface area contributed by atoms with E-state index < -0.39 is 0 Å². The van der Waals surface area contributed by atoms with Gasteiger partial charge in [0.15, 0.2) is 0 Å². The standard InChI is InChI=1S/C9H13N3O2/c1-12-8(13)5-4-7(11-12)9(14)10-6-2-3-6/h6H,2-5H2,1H3,(H,10,14). The van der Waals surface area contributed by atoms with E-state index >= 15 is 0 Å². The lowest BCUT2D eigenvalue weighted by Crippen LogP contribution is -2.38. The smallest absolute Gasteiger partial charge is 0.267 e. The average molecular weight is 195 g/mol. The molecule has 0 bridgehead atoms. The van der Waals surface area contributed by atoms with Gasteiger partial charge in [0.25, 0.3) is 5.91 Å². The second-order valence-corrected chi connectivity index (χ2v) is 3.71. The van der Waals surface area contributed by atoms with Crippen molar-refractivity contribution in [1.82, 2.24) is 10.3 Å². The highest BCUT2D eigenvalue weighted by Gasteiger charge is 2.27. The second kappa shape index (κ2) is 3.40. The molecular formula is C9H13N3O2. The predicted molar refractivity (Wildman–Crippen MR) is 50.6 cm³/mol. The highest BCUT2D eigenvalue weighted by atomic mass is 16.2. The Kier molecular flexibility index (Phi) is 2.23. The molecule has 2 aliphatic rings. The van der Waals surface area contributed by atoms with E-state index in [1.165, 1.54) is 5.01 Å². The van der Waals surface area contributed by atoms with Crippen molar-refractivity contribution in [3.8, 4) is 0 Å². The lowest BCUT2D eigenvalue weighted by molar-refractivity contribution is -0.130. The maximum atomic E-state index is 11.5. The van der Waals surface area contributed by atoms with Gasteiger partial charge in [-0.25, -0.2) is 5.01 Å². The Labute approximate surface area is 82.1 Å². The number of hydrazone groups is 1. The van der Waals surface area contributed by atoms with Gasteiger partial charge in [0.05, 0.1) is 0 Å². The fourth-order valence-electron chi connectivity index (χ4n) is 1.33. The van der Waals surface area contributed by atoms with Crippen LogP contribution in [-0.4, -0.2) is 35.6 Å². The second-order valence-electron chi connectivity index (χ2n) is 3.71. The highest BCUT2D eigenvalue weighted by molar-refractivity contribution is 6.39. The van der Waals surface area contributed by atoms with Crippen LogP contribution in [0, 0.1) is 0 Å². The molecule has 0 saturated heterocycles. The van der Waals surface area contributed by atoms with Crippen molar-refractivity contribution in [1.29, 1.82) is 0 Å². The number of nitrogens with one attached hydrogen (secondary N) is 1. The number of carbonyl (C=O) groups excluding carboxylic acids is 2. The summed E-state index contributed by atoms with van der Waals surface area (Å²) in [6.07, 6.45) is 2.97. The molecule has 0 aromatic heterocycles. The third kappa shape index (κ3) is 1.92. The van der Waals surface area contributed by atoms with Crippen LogP contribution in [0.25, 0.3) is 0 Å². The molecule has 1 aliphatic heterocycles. The van der Waals surface area contributed by atoms with Crippen molar-refractivity contribution in [3.63, 3.8) is 0 Å².